The molecule has 90 valence electrons. The van der Waals surface area contributed by atoms with Gasteiger partial charge in [-0.25, -0.2) is 0 Å². The molecule has 0 aromatic rings. The van der Waals surface area contributed by atoms with Gasteiger partial charge in [-0.05, 0) is 38.5 Å². The van der Waals surface area contributed by atoms with E-state index in [4.69, 9.17) is 5.11 Å². The molecule has 0 amide bonds. The van der Waals surface area contributed by atoms with E-state index in [1.807, 2.05) is 0 Å². The van der Waals surface area contributed by atoms with Crippen LogP contribution in [0.15, 0.2) is 0 Å². The summed E-state index contributed by atoms with van der Waals surface area (Å²) in [5.74, 6) is 0.946. The zero-order valence-electron chi connectivity index (χ0n) is 10.3. The molecule has 2 N–H and O–H groups in total. The molecule has 3 atom stereocenters. The van der Waals surface area contributed by atoms with Crippen molar-refractivity contribution in [2.24, 2.45) is 5.92 Å². The summed E-state index contributed by atoms with van der Waals surface area (Å²) in [6.07, 6.45) is 8.90. The highest BCUT2D eigenvalue weighted by molar-refractivity contribution is 4.79. The predicted octanol–water partition coefficient (Wildman–Crippen LogP) is 2.71. The Kier molecular flexibility index (Phi) is 6.26. The molecular formula is C13H27NO. The number of rotatable bonds is 6. The third-order valence-electron chi connectivity index (χ3n) is 3.68. The smallest absolute Gasteiger partial charge is 0.0431 e. The van der Waals surface area contributed by atoms with E-state index in [-0.39, 0.29) is 0 Å². The van der Waals surface area contributed by atoms with Gasteiger partial charge in [-0.15, -0.1) is 0 Å². The fraction of sp³-hybridized carbons (Fsp3) is 1.00. The summed E-state index contributed by atoms with van der Waals surface area (Å²) in [6.45, 7) is 4.88. The molecule has 1 saturated carbocycles. The second-order valence-electron chi connectivity index (χ2n) is 5.07. The van der Waals surface area contributed by atoms with Crippen LogP contribution in [0, 0.1) is 5.92 Å². The SMILES string of the molecule is CCC1CCCC(NC(C)CCCO)C1. The fourth-order valence-corrected chi connectivity index (χ4v) is 2.70. The first-order valence-electron chi connectivity index (χ1n) is 6.63. The average Bonchev–Trinajstić information content (AvgIpc) is 2.26. The Balaban J connectivity index is 2.19. The van der Waals surface area contributed by atoms with E-state index >= 15 is 0 Å². The first-order valence-corrected chi connectivity index (χ1v) is 6.63. The maximum atomic E-state index is 8.77. The first-order chi connectivity index (χ1) is 7.26. The number of nitrogens with one attached hydrogen (secondary N) is 1. The Morgan fingerprint density at radius 3 is 2.87 bits per heavy atom. The fourth-order valence-electron chi connectivity index (χ4n) is 2.70. The van der Waals surface area contributed by atoms with Crippen LogP contribution in [0.25, 0.3) is 0 Å². The van der Waals surface area contributed by atoms with Crippen molar-refractivity contribution in [3.8, 4) is 0 Å². The van der Waals surface area contributed by atoms with E-state index in [0.29, 0.717) is 12.6 Å². The summed E-state index contributed by atoms with van der Waals surface area (Å²) in [5, 5.41) is 12.5. The van der Waals surface area contributed by atoms with Crippen molar-refractivity contribution in [1.82, 2.24) is 5.32 Å². The first kappa shape index (κ1) is 13.0. The number of aliphatic hydroxyl groups is 1. The van der Waals surface area contributed by atoms with Gasteiger partial charge < -0.3 is 10.4 Å². The summed E-state index contributed by atoms with van der Waals surface area (Å²) in [6, 6.07) is 1.30. The second kappa shape index (κ2) is 7.24. The summed E-state index contributed by atoms with van der Waals surface area (Å²) in [5.41, 5.74) is 0. The molecule has 1 aliphatic carbocycles. The highest BCUT2D eigenvalue weighted by Crippen LogP contribution is 2.26. The predicted molar refractivity (Wildman–Crippen MR) is 65.0 cm³/mol. The van der Waals surface area contributed by atoms with Crippen LogP contribution in [0.5, 0.6) is 0 Å². The summed E-state index contributed by atoms with van der Waals surface area (Å²) >= 11 is 0. The molecular weight excluding hydrogens is 186 g/mol. The van der Waals surface area contributed by atoms with Gasteiger partial charge in [-0.3, -0.25) is 0 Å². The standard InChI is InChI=1S/C13H27NO/c1-3-12-7-4-8-13(10-12)14-11(2)6-5-9-15/h11-15H,3-10H2,1-2H3. The maximum Gasteiger partial charge on any atom is 0.0431 e. The quantitative estimate of drug-likeness (QED) is 0.711. The monoisotopic (exact) mass is 213 g/mol. The van der Waals surface area contributed by atoms with Crippen LogP contribution >= 0.6 is 0 Å². The minimum atomic E-state index is 0.328. The zero-order chi connectivity index (χ0) is 11.1. The lowest BCUT2D eigenvalue weighted by Crippen LogP contribution is -2.39. The summed E-state index contributed by atoms with van der Waals surface area (Å²) < 4.78 is 0. The molecule has 0 aromatic heterocycles. The molecule has 3 unspecified atom stereocenters. The van der Waals surface area contributed by atoms with Crippen LogP contribution in [0.2, 0.25) is 0 Å². The Morgan fingerprint density at radius 1 is 1.40 bits per heavy atom. The van der Waals surface area contributed by atoms with Gasteiger partial charge in [0.25, 0.3) is 0 Å². The van der Waals surface area contributed by atoms with Gasteiger partial charge in [-0.1, -0.05) is 26.2 Å². The topological polar surface area (TPSA) is 32.3 Å². The minimum absolute atomic E-state index is 0.328. The van der Waals surface area contributed by atoms with E-state index < -0.39 is 0 Å². The van der Waals surface area contributed by atoms with Crippen molar-refractivity contribution in [2.75, 3.05) is 6.61 Å². The van der Waals surface area contributed by atoms with Crippen LogP contribution < -0.4 is 5.32 Å². The second-order valence-corrected chi connectivity index (χ2v) is 5.07. The molecule has 1 rings (SSSR count). The highest BCUT2D eigenvalue weighted by Gasteiger charge is 2.21. The van der Waals surface area contributed by atoms with Gasteiger partial charge in [0.15, 0.2) is 0 Å². The molecule has 0 radical (unpaired) electrons. The van der Waals surface area contributed by atoms with Crippen molar-refractivity contribution in [3.63, 3.8) is 0 Å². The summed E-state index contributed by atoms with van der Waals surface area (Å²) in [7, 11) is 0. The van der Waals surface area contributed by atoms with Gasteiger partial charge in [0.2, 0.25) is 0 Å². The molecule has 0 aromatic carbocycles. The lowest BCUT2D eigenvalue weighted by Gasteiger charge is -2.31. The largest absolute Gasteiger partial charge is 0.396 e. The van der Waals surface area contributed by atoms with E-state index in [1.54, 1.807) is 0 Å². The number of hydrogen-bond acceptors (Lipinski definition) is 2. The van der Waals surface area contributed by atoms with Crippen molar-refractivity contribution in [1.29, 1.82) is 0 Å². The van der Waals surface area contributed by atoms with E-state index in [0.717, 1.165) is 24.8 Å². The van der Waals surface area contributed by atoms with Crippen molar-refractivity contribution in [3.05, 3.63) is 0 Å². The van der Waals surface area contributed by atoms with Gasteiger partial charge in [0.05, 0.1) is 0 Å². The zero-order valence-corrected chi connectivity index (χ0v) is 10.3. The lowest BCUT2D eigenvalue weighted by molar-refractivity contribution is 0.246. The Morgan fingerprint density at radius 2 is 2.20 bits per heavy atom. The van der Waals surface area contributed by atoms with E-state index in [9.17, 15) is 0 Å². The van der Waals surface area contributed by atoms with Gasteiger partial charge in [0.1, 0.15) is 0 Å². The number of hydrogen-bond donors (Lipinski definition) is 2. The third kappa shape index (κ3) is 4.98. The Labute approximate surface area is 94.5 Å². The van der Waals surface area contributed by atoms with Gasteiger partial charge in [0, 0.05) is 18.7 Å². The van der Waals surface area contributed by atoms with Gasteiger partial charge in [-0.2, -0.15) is 0 Å². The molecule has 1 aliphatic rings. The van der Waals surface area contributed by atoms with Crippen molar-refractivity contribution >= 4 is 0 Å². The highest BCUT2D eigenvalue weighted by atomic mass is 16.2. The molecule has 0 saturated heterocycles. The van der Waals surface area contributed by atoms with Crippen LogP contribution in [0.4, 0.5) is 0 Å². The van der Waals surface area contributed by atoms with Crippen LogP contribution in [0.1, 0.15) is 58.8 Å². The Bertz CT molecular complexity index is 161. The molecule has 0 heterocycles. The number of aliphatic hydroxyl groups excluding tert-OH is 1. The molecule has 1 fully saturated rings. The molecule has 0 spiro atoms. The van der Waals surface area contributed by atoms with Crippen molar-refractivity contribution < 1.29 is 5.11 Å². The van der Waals surface area contributed by atoms with Crippen LogP contribution in [0.3, 0.4) is 0 Å². The molecule has 15 heavy (non-hydrogen) atoms. The maximum absolute atomic E-state index is 8.77. The van der Waals surface area contributed by atoms with Crippen LogP contribution in [-0.4, -0.2) is 23.8 Å². The van der Waals surface area contributed by atoms with E-state index in [1.165, 1.54) is 32.1 Å². The third-order valence-corrected chi connectivity index (χ3v) is 3.68. The Hall–Kier alpha value is -0.0800. The summed E-state index contributed by atoms with van der Waals surface area (Å²) in [4.78, 5) is 0. The van der Waals surface area contributed by atoms with Gasteiger partial charge >= 0.3 is 0 Å². The normalized spacial score (nSPS) is 29.0. The average molecular weight is 213 g/mol. The minimum Gasteiger partial charge on any atom is -0.396 e. The molecule has 0 aliphatic heterocycles. The van der Waals surface area contributed by atoms with E-state index in [2.05, 4.69) is 19.2 Å². The molecule has 2 heteroatoms. The molecule has 0 bridgehead atoms. The van der Waals surface area contributed by atoms with Crippen LogP contribution in [-0.2, 0) is 0 Å². The van der Waals surface area contributed by atoms with Crippen molar-refractivity contribution in [2.45, 2.75) is 70.9 Å². The lowest BCUT2D eigenvalue weighted by atomic mass is 9.84. The molecule has 2 nitrogen and oxygen atoms in total.